The smallest absolute Gasteiger partial charge is 0.398 e. The number of amides is 1. The average molecular weight is 381 g/mol. The van der Waals surface area contributed by atoms with Crippen molar-refractivity contribution in [2.45, 2.75) is 23.6 Å². The van der Waals surface area contributed by atoms with Crippen molar-refractivity contribution in [1.29, 1.82) is 0 Å². The second-order valence-corrected chi connectivity index (χ2v) is 6.65. The Kier molecular flexibility index (Phi) is 5.22. The van der Waals surface area contributed by atoms with Gasteiger partial charge in [-0.05, 0) is 18.2 Å². The molecule has 1 aliphatic heterocycles. The summed E-state index contributed by atoms with van der Waals surface area (Å²) in [6.45, 7) is 0. The Labute approximate surface area is 151 Å². The first-order chi connectivity index (χ1) is 12.3. The van der Waals surface area contributed by atoms with E-state index in [1.165, 1.54) is 12.1 Å². The van der Waals surface area contributed by atoms with Crippen LogP contribution in [0.25, 0.3) is 0 Å². The zero-order valence-electron chi connectivity index (χ0n) is 13.4. The zero-order valence-corrected chi connectivity index (χ0v) is 14.2. The minimum atomic E-state index is -4.30. The molecule has 1 amide bonds. The van der Waals surface area contributed by atoms with Crippen LogP contribution in [0, 0.1) is 0 Å². The number of halogens is 3. The summed E-state index contributed by atoms with van der Waals surface area (Å²) >= 11 is 0.603. The Bertz CT molecular complexity index is 838. The summed E-state index contributed by atoms with van der Waals surface area (Å²) in [5.74, 6) is -1.98. The standard InChI is InChI=1S/C18H14F3NO3S/c19-18(20,21)10-26-15-8-4-3-7-13(15)22-16(23)9-14-11-5-1-2-6-12(11)17(24)25-14/h1-8,14H,9-10H2,(H,22,23). The van der Waals surface area contributed by atoms with Gasteiger partial charge in [0.1, 0.15) is 6.10 Å². The van der Waals surface area contributed by atoms with Crippen molar-refractivity contribution in [2.75, 3.05) is 11.1 Å². The molecule has 1 atom stereocenters. The molecule has 0 saturated heterocycles. The maximum atomic E-state index is 12.4. The molecule has 8 heteroatoms. The number of ether oxygens (including phenoxy) is 1. The van der Waals surface area contributed by atoms with Crippen LogP contribution in [-0.4, -0.2) is 23.8 Å². The summed E-state index contributed by atoms with van der Waals surface area (Å²) in [4.78, 5) is 24.4. The van der Waals surface area contributed by atoms with Crippen molar-refractivity contribution < 1.29 is 27.5 Å². The summed E-state index contributed by atoms with van der Waals surface area (Å²) in [6.07, 6.45) is -5.11. The summed E-state index contributed by atoms with van der Waals surface area (Å²) in [6, 6.07) is 13.1. The fourth-order valence-corrected chi connectivity index (χ4v) is 3.36. The average Bonchev–Trinajstić information content (AvgIpc) is 2.90. The second kappa shape index (κ2) is 7.41. The molecule has 1 heterocycles. The van der Waals surface area contributed by atoms with Crippen molar-refractivity contribution in [2.24, 2.45) is 0 Å². The third-order valence-electron chi connectivity index (χ3n) is 3.70. The molecule has 1 aliphatic rings. The van der Waals surface area contributed by atoms with E-state index in [4.69, 9.17) is 4.74 Å². The van der Waals surface area contributed by atoms with Gasteiger partial charge in [-0.15, -0.1) is 11.8 Å². The van der Waals surface area contributed by atoms with E-state index in [-0.39, 0.29) is 6.42 Å². The summed E-state index contributed by atoms with van der Waals surface area (Å²) in [5, 5.41) is 2.60. The Hall–Kier alpha value is -2.48. The first kappa shape index (κ1) is 18.3. The van der Waals surface area contributed by atoms with Crippen LogP contribution in [0.5, 0.6) is 0 Å². The molecule has 0 radical (unpaired) electrons. The van der Waals surface area contributed by atoms with E-state index in [1.54, 1.807) is 36.4 Å². The Morgan fingerprint density at radius 1 is 1.12 bits per heavy atom. The SMILES string of the molecule is O=C(CC1OC(=O)c2ccccc21)Nc1ccccc1SCC(F)(F)F. The number of anilines is 1. The summed E-state index contributed by atoms with van der Waals surface area (Å²) < 4.78 is 42.5. The number of rotatable bonds is 5. The van der Waals surface area contributed by atoms with E-state index >= 15 is 0 Å². The van der Waals surface area contributed by atoms with Crippen LogP contribution in [0.2, 0.25) is 0 Å². The lowest BCUT2D eigenvalue weighted by atomic mass is 10.0. The quantitative estimate of drug-likeness (QED) is 0.608. The highest BCUT2D eigenvalue weighted by Gasteiger charge is 2.32. The van der Waals surface area contributed by atoms with Gasteiger partial charge in [-0.2, -0.15) is 13.2 Å². The highest BCUT2D eigenvalue weighted by molar-refractivity contribution is 7.99. The predicted octanol–water partition coefficient (Wildman–Crippen LogP) is 4.58. The van der Waals surface area contributed by atoms with Crippen LogP contribution in [0.3, 0.4) is 0 Å². The van der Waals surface area contributed by atoms with Gasteiger partial charge in [-0.1, -0.05) is 30.3 Å². The molecule has 0 aromatic heterocycles. The number of alkyl halides is 3. The fourth-order valence-electron chi connectivity index (χ4n) is 2.60. The van der Waals surface area contributed by atoms with Crippen LogP contribution in [0.4, 0.5) is 18.9 Å². The molecule has 0 aliphatic carbocycles. The van der Waals surface area contributed by atoms with Crippen molar-refractivity contribution in [3.8, 4) is 0 Å². The number of cyclic esters (lactones) is 1. The predicted molar refractivity (Wildman–Crippen MR) is 91.1 cm³/mol. The van der Waals surface area contributed by atoms with Gasteiger partial charge < -0.3 is 10.1 Å². The molecule has 0 fully saturated rings. The van der Waals surface area contributed by atoms with E-state index in [0.29, 0.717) is 33.5 Å². The van der Waals surface area contributed by atoms with E-state index < -0.39 is 29.9 Å². The highest BCUT2D eigenvalue weighted by atomic mass is 32.2. The lowest BCUT2D eigenvalue weighted by Gasteiger charge is -2.14. The number of hydrogen-bond acceptors (Lipinski definition) is 4. The van der Waals surface area contributed by atoms with Gasteiger partial charge in [0.15, 0.2) is 0 Å². The van der Waals surface area contributed by atoms with Crippen molar-refractivity contribution in [3.63, 3.8) is 0 Å². The number of para-hydroxylation sites is 1. The first-order valence-corrected chi connectivity index (χ1v) is 8.70. The third kappa shape index (κ3) is 4.37. The van der Waals surface area contributed by atoms with E-state index in [2.05, 4.69) is 5.32 Å². The number of carbonyl (C=O) groups is 2. The molecule has 26 heavy (non-hydrogen) atoms. The van der Waals surface area contributed by atoms with E-state index in [0.717, 1.165) is 0 Å². The summed E-state index contributed by atoms with van der Waals surface area (Å²) in [5.41, 5.74) is 1.35. The lowest BCUT2D eigenvalue weighted by Crippen LogP contribution is -2.16. The molecule has 4 nitrogen and oxygen atoms in total. The van der Waals surface area contributed by atoms with Gasteiger partial charge >= 0.3 is 12.1 Å². The highest BCUT2D eigenvalue weighted by Crippen LogP contribution is 2.35. The minimum absolute atomic E-state index is 0.110. The van der Waals surface area contributed by atoms with E-state index in [1.807, 2.05) is 0 Å². The third-order valence-corrected chi connectivity index (χ3v) is 4.84. The molecule has 0 spiro atoms. The Balaban J connectivity index is 1.67. The molecule has 2 aromatic carbocycles. The van der Waals surface area contributed by atoms with Crippen molar-refractivity contribution >= 4 is 29.3 Å². The molecule has 1 N–H and O–H groups in total. The second-order valence-electron chi connectivity index (χ2n) is 5.63. The number of esters is 1. The molecule has 1 unspecified atom stereocenters. The largest absolute Gasteiger partial charge is 0.453 e. The van der Waals surface area contributed by atoms with Crippen LogP contribution in [0.1, 0.15) is 28.4 Å². The van der Waals surface area contributed by atoms with Crippen LogP contribution in [0.15, 0.2) is 53.4 Å². The molecule has 0 bridgehead atoms. The number of fused-ring (bicyclic) bond motifs is 1. The number of thioether (sulfide) groups is 1. The minimum Gasteiger partial charge on any atom is -0.453 e. The Morgan fingerprint density at radius 3 is 2.58 bits per heavy atom. The zero-order chi connectivity index (χ0) is 18.7. The van der Waals surface area contributed by atoms with Gasteiger partial charge in [0.25, 0.3) is 0 Å². The van der Waals surface area contributed by atoms with Crippen LogP contribution < -0.4 is 5.32 Å². The van der Waals surface area contributed by atoms with Gasteiger partial charge in [0.05, 0.1) is 23.4 Å². The fraction of sp³-hybridized carbons (Fsp3) is 0.222. The van der Waals surface area contributed by atoms with Gasteiger partial charge in [-0.3, -0.25) is 4.79 Å². The first-order valence-electron chi connectivity index (χ1n) is 7.72. The molecule has 136 valence electrons. The van der Waals surface area contributed by atoms with Crippen LogP contribution >= 0.6 is 11.8 Å². The maximum absolute atomic E-state index is 12.4. The number of carbonyl (C=O) groups excluding carboxylic acids is 2. The molecular formula is C18H14F3NO3S. The Morgan fingerprint density at radius 2 is 1.81 bits per heavy atom. The van der Waals surface area contributed by atoms with Crippen molar-refractivity contribution in [1.82, 2.24) is 0 Å². The maximum Gasteiger partial charge on any atom is 0.398 e. The van der Waals surface area contributed by atoms with Crippen LogP contribution in [-0.2, 0) is 9.53 Å². The molecule has 0 saturated carbocycles. The molecular weight excluding hydrogens is 367 g/mol. The monoisotopic (exact) mass is 381 g/mol. The number of benzene rings is 2. The van der Waals surface area contributed by atoms with Gasteiger partial charge in [0.2, 0.25) is 5.91 Å². The van der Waals surface area contributed by atoms with Gasteiger partial charge in [-0.25, -0.2) is 4.79 Å². The number of nitrogens with one attached hydrogen (secondary N) is 1. The van der Waals surface area contributed by atoms with Gasteiger partial charge in [0, 0.05) is 10.5 Å². The molecule has 2 aromatic rings. The topological polar surface area (TPSA) is 55.4 Å². The van der Waals surface area contributed by atoms with E-state index in [9.17, 15) is 22.8 Å². The summed E-state index contributed by atoms with van der Waals surface area (Å²) in [7, 11) is 0. The lowest BCUT2D eigenvalue weighted by molar-refractivity contribution is -0.118. The van der Waals surface area contributed by atoms with Crippen molar-refractivity contribution in [3.05, 3.63) is 59.7 Å². The molecule has 3 rings (SSSR count). The number of hydrogen-bond donors (Lipinski definition) is 1. The normalized spacial score (nSPS) is 16.1.